The highest BCUT2D eigenvalue weighted by Gasteiger charge is 2.20. The summed E-state index contributed by atoms with van der Waals surface area (Å²) >= 11 is 0. The van der Waals surface area contributed by atoms with Gasteiger partial charge in [0.25, 0.3) is 0 Å². The minimum atomic E-state index is 0.864. The molecule has 2 aromatic heterocycles. The Hall–Kier alpha value is -6.32. The molecule has 3 nitrogen and oxygen atoms in total. The van der Waals surface area contributed by atoms with E-state index in [-0.39, 0.29) is 0 Å². The standard InChI is InChI=1S/C44H27N3/c1-3-13-30(14-4-1)41-42(31-15-5-2-6-16-31)46-43-37(45-41)19-11-21-39(43)47-38-20-10-9-18-33(38)35-27-26-34-36(44(35)47)25-24-29-23-22-28-12-7-8-17-32(28)40(29)34/h1-27H. The highest BCUT2D eigenvalue weighted by Crippen LogP contribution is 2.42. The van der Waals surface area contributed by atoms with Gasteiger partial charge in [0.1, 0.15) is 5.52 Å². The van der Waals surface area contributed by atoms with Crippen molar-refractivity contribution < 1.29 is 0 Å². The van der Waals surface area contributed by atoms with Crippen LogP contribution in [0.1, 0.15) is 0 Å². The summed E-state index contributed by atoms with van der Waals surface area (Å²) in [6.45, 7) is 0. The summed E-state index contributed by atoms with van der Waals surface area (Å²) < 4.78 is 2.41. The van der Waals surface area contributed by atoms with Crippen LogP contribution in [-0.4, -0.2) is 14.5 Å². The molecule has 0 aliphatic carbocycles. The number of benzene rings is 8. The minimum Gasteiger partial charge on any atom is -0.306 e. The Kier molecular flexibility index (Phi) is 5.57. The van der Waals surface area contributed by atoms with Crippen LogP contribution in [0, 0.1) is 0 Å². The lowest BCUT2D eigenvalue weighted by Crippen LogP contribution is -2.01. The molecule has 0 aliphatic rings. The molecule has 0 spiro atoms. The van der Waals surface area contributed by atoms with Crippen LogP contribution in [0.5, 0.6) is 0 Å². The van der Waals surface area contributed by atoms with Gasteiger partial charge in [0.2, 0.25) is 0 Å². The van der Waals surface area contributed by atoms with Gasteiger partial charge in [-0.2, -0.15) is 0 Å². The van der Waals surface area contributed by atoms with Crippen molar-refractivity contribution in [3.8, 4) is 28.2 Å². The number of aromatic nitrogens is 3. The average molecular weight is 598 g/mol. The number of nitrogens with zero attached hydrogens (tertiary/aromatic N) is 3. The van der Waals surface area contributed by atoms with E-state index in [1.54, 1.807) is 0 Å². The molecule has 3 heteroatoms. The third-order valence-electron chi connectivity index (χ3n) is 9.54. The maximum Gasteiger partial charge on any atom is 0.113 e. The normalized spacial score (nSPS) is 11.8. The Labute approximate surface area is 271 Å². The van der Waals surface area contributed by atoms with Crippen LogP contribution in [0.2, 0.25) is 0 Å². The molecule has 0 radical (unpaired) electrons. The lowest BCUT2D eigenvalue weighted by molar-refractivity contribution is 1.18. The zero-order chi connectivity index (χ0) is 30.9. The molecule has 2 heterocycles. The van der Waals surface area contributed by atoms with Gasteiger partial charge >= 0.3 is 0 Å². The second-order valence-electron chi connectivity index (χ2n) is 12.2. The fourth-order valence-corrected chi connectivity index (χ4v) is 7.46. The highest BCUT2D eigenvalue weighted by atomic mass is 15.0. The summed E-state index contributed by atoms with van der Waals surface area (Å²) in [5.41, 5.74) is 8.93. The highest BCUT2D eigenvalue weighted by molar-refractivity contribution is 6.27. The number of fused-ring (bicyclic) bond motifs is 10. The first-order chi connectivity index (χ1) is 23.3. The van der Waals surface area contributed by atoms with Crippen molar-refractivity contribution in [2.45, 2.75) is 0 Å². The van der Waals surface area contributed by atoms with Crippen LogP contribution in [0.15, 0.2) is 164 Å². The first-order valence-corrected chi connectivity index (χ1v) is 16.0. The topological polar surface area (TPSA) is 30.7 Å². The van der Waals surface area contributed by atoms with E-state index >= 15 is 0 Å². The molecule has 47 heavy (non-hydrogen) atoms. The Morgan fingerprint density at radius 1 is 0.383 bits per heavy atom. The molecular weight excluding hydrogens is 571 g/mol. The third kappa shape index (κ3) is 3.87. The van der Waals surface area contributed by atoms with E-state index in [1.165, 1.54) is 48.6 Å². The Balaban J connectivity index is 1.36. The van der Waals surface area contributed by atoms with Gasteiger partial charge in [-0.15, -0.1) is 0 Å². The van der Waals surface area contributed by atoms with Gasteiger partial charge in [-0.25, -0.2) is 9.97 Å². The lowest BCUT2D eigenvalue weighted by Gasteiger charge is -2.16. The quantitative estimate of drug-likeness (QED) is 0.190. The predicted molar refractivity (Wildman–Crippen MR) is 197 cm³/mol. The molecule has 0 saturated carbocycles. The van der Waals surface area contributed by atoms with E-state index in [4.69, 9.17) is 9.97 Å². The average Bonchev–Trinajstić information content (AvgIpc) is 3.49. The molecule has 0 fully saturated rings. The molecular formula is C44H27N3. The molecule has 8 aromatic carbocycles. The summed E-state index contributed by atoms with van der Waals surface area (Å²) in [5.74, 6) is 0. The molecule has 0 unspecified atom stereocenters. The van der Waals surface area contributed by atoms with Gasteiger partial charge in [0, 0.05) is 27.3 Å². The monoisotopic (exact) mass is 597 g/mol. The Bertz CT molecular complexity index is 2830. The second kappa shape index (κ2) is 10.1. The maximum absolute atomic E-state index is 5.48. The van der Waals surface area contributed by atoms with Crippen LogP contribution in [-0.2, 0) is 0 Å². The molecule has 0 atom stereocenters. The van der Waals surface area contributed by atoms with Gasteiger partial charge in [-0.1, -0.05) is 146 Å². The summed E-state index contributed by atoms with van der Waals surface area (Å²) in [5, 5.41) is 9.97. The molecule has 0 bridgehead atoms. The number of hydrogen-bond donors (Lipinski definition) is 0. The lowest BCUT2D eigenvalue weighted by atomic mass is 9.95. The van der Waals surface area contributed by atoms with Gasteiger partial charge in [0.05, 0.1) is 33.6 Å². The van der Waals surface area contributed by atoms with E-state index in [0.29, 0.717) is 0 Å². The molecule has 10 rings (SSSR count). The van der Waals surface area contributed by atoms with E-state index in [0.717, 1.165) is 44.8 Å². The van der Waals surface area contributed by atoms with Crippen LogP contribution < -0.4 is 0 Å². The van der Waals surface area contributed by atoms with Crippen molar-refractivity contribution >= 4 is 65.2 Å². The molecule has 0 amide bonds. The zero-order valence-electron chi connectivity index (χ0n) is 25.4. The van der Waals surface area contributed by atoms with Crippen molar-refractivity contribution in [1.82, 2.24) is 14.5 Å². The fraction of sp³-hybridized carbons (Fsp3) is 0. The van der Waals surface area contributed by atoms with E-state index in [2.05, 4.69) is 156 Å². The zero-order valence-corrected chi connectivity index (χ0v) is 25.4. The first kappa shape index (κ1) is 26.0. The van der Waals surface area contributed by atoms with E-state index in [1.807, 2.05) is 12.1 Å². The summed E-state index contributed by atoms with van der Waals surface area (Å²) in [4.78, 5) is 10.8. The molecule has 10 aromatic rings. The summed E-state index contributed by atoms with van der Waals surface area (Å²) in [7, 11) is 0. The number of rotatable bonds is 3. The molecule has 0 aliphatic heterocycles. The largest absolute Gasteiger partial charge is 0.306 e. The van der Waals surface area contributed by atoms with Gasteiger partial charge < -0.3 is 4.57 Å². The second-order valence-corrected chi connectivity index (χ2v) is 12.2. The third-order valence-corrected chi connectivity index (χ3v) is 9.54. The summed E-state index contributed by atoms with van der Waals surface area (Å²) in [6.07, 6.45) is 0. The van der Waals surface area contributed by atoms with E-state index < -0.39 is 0 Å². The van der Waals surface area contributed by atoms with Crippen molar-refractivity contribution in [3.05, 3.63) is 164 Å². The molecule has 0 saturated heterocycles. The van der Waals surface area contributed by atoms with Gasteiger partial charge in [-0.05, 0) is 45.1 Å². The van der Waals surface area contributed by atoms with Gasteiger partial charge in [-0.3, -0.25) is 0 Å². The van der Waals surface area contributed by atoms with Crippen LogP contribution >= 0.6 is 0 Å². The Morgan fingerprint density at radius 2 is 0.979 bits per heavy atom. The Morgan fingerprint density at radius 3 is 1.79 bits per heavy atom. The number of para-hydroxylation sites is 2. The van der Waals surface area contributed by atoms with E-state index in [9.17, 15) is 0 Å². The van der Waals surface area contributed by atoms with Crippen molar-refractivity contribution in [2.24, 2.45) is 0 Å². The van der Waals surface area contributed by atoms with Gasteiger partial charge in [0.15, 0.2) is 0 Å². The summed E-state index contributed by atoms with van der Waals surface area (Å²) in [6, 6.07) is 58.2. The van der Waals surface area contributed by atoms with Crippen molar-refractivity contribution in [3.63, 3.8) is 0 Å². The van der Waals surface area contributed by atoms with Crippen molar-refractivity contribution in [1.29, 1.82) is 0 Å². The molecule has 218 valence electrons. The smallest absolute Gasteiger partial charge is 0.113 e. The maximum atomic E-state index is 5.48. The minimum absolute atomic E-state index is 0.864. The first-order valence-electron chi connectivity index (χ1n) is 16.0. The number of hydrogen-bond acceptors (Lipinski definition) is 2. The van der Waals surface area contributed by atoms with Crippen LogP contribution in [0.4, 0.5) is 0 Å². The molecule has 0 N–H and O–H groups in total. The predicted octanol–water partition coefficient (Wildman–Crippen LogP) is 11.5. The SMILES string of the molecule is c1ccc(-c2nc3cccc(-n4c5ccccc5c5ccc6c(ccc7ccc8ccccc8c76)c54)c3nc2-c2ccccc2)cc1. The van der Waals surface area contributed by atoms with Crippen molar-refractivity contribution in [2.75, 3.05) is 0 Å². The van der Waals surface area contributed by atoms with Crippen LogP contribution in [0.3, 0.4) is 0 Å². The fourth-order valence-electron chi connectivity index (χ4n) is 7.46. The van der Waals surface area contributed by atoms with Crippen LogP contribution in [0.25, 0.3) is 93.4 Å².